The number of para-hydroxylation sites is 8. The fraction of sp³-hybridized carbons (Fsp3) is 0.0204. The van der Waals surface area contributed by atoms with E-state index < -0.39 is 5.41 Å². The van der Waals surface area contributed by atoms with Crippen molar-refractivity contribution < 1.29 is 9.47 Å². The highest BCUT2D eigenvalue weighted by Crippen LogP contribution is 2.64. The van der Waals surface area contributed by atoms with Gasteiger partial charge in [-0.2, -0.15) is 0 Å². The molecule has 1 spiro atoms. The molecule has 0 saturated heterocycles. The molecule has 22 rings (SSSR count). The number of hydrogen-bond donors (Lipinski definition) is 0. The highest BCUT2D eigenvalue weighted by Gasteiger charge is 2.55. The Balaban J connectivity index is 0.791. The lowest BCUT2D eigenvalue weighted by Gasteiger charge is -2.46. The van der Waals surface area contributed by atoms with Crippen LogP contribution in [0.3, 0.4) is 0 Å². The molecule has 0 fully saturated rings. The predicted octanol–water partition coefficient (Wildman–Crippen LogP) is 21.2. The quantitative estimate of drug-likeness (QED) is 0.126. The molecule has 6 aliphatic rings. The monoisotopic (exact) mass is 1370 g/mol. The lowest BCUT2D eigenvalue weighted by molar-refractivity contribution is 0.428. The van der Waals surface area contributed by atoms with Gasteiger partial charge in [0.15, 0.2) is 0 Å². The first-order chi connectivity index (χ1) is 53.0. The van der Waals surface area contributed by atoms with Gasteiger partial charge in [-0.1, -0.05) is 267 Å². The van der Waals surface area contributed by atoms with Gasteiger partial charge in [-0.05, 0) is 157 Å². The van der Waals surface area contributed by atoms with E-state index in [0.717, 1.165) is 147 Å². The van der Waals surface area contributed by atoms with Gasteiger partial charge in [-0.15, -0.1) is 0 Å². The minimum atomic E-state index is -0.869. The molecule has 7 nitrogen and oxygen atoms in total. The molecule has 5 aliphatic heterocycles. The van der Waals surface area contributed by atoms with E-state index in [2.05, 4.69) is 408 Å². The summed E-state index contributed by atoms with van der Waals surface area (Å²) in [6.45, 7) is -0.460. The fourth-order valence-corrected chi connectivity index (χ4v) is 18.7. The molecule has 500 valence electrons. The Morgan fingerprint density at radius 1 is 0.262 bits per heavy atom. The van der Waals surface area contributed by atoms with Crippen molar-refractivity contribution in [3.8, 4) is 56.4 Å². The molecular weight excluding hydrogens is 1300 g/mol. The molecule has 0 amide bonds. The van der Waals surface area contributed by atoms with E-state index in [1.165, 1.54) is 44.1 Å². The van der Waals surface area contributed by atoms with Gasteiger partial charge in [0.25, 0.3) is 13.4 Å². The Hall–Kier alpha value is -13.8. The summed E-state index contributed by atoms with van der Waals surface area (Å²) in [5, 5.41) is 0. The predicted molar refractivity (Wildman–Crippen MR) is 444 cm³/mol. The Bertz CT molecular complexity index is 6200. The zero-order chi connectivity index (χ0) is 70.4. The van der Waals surface area contributed by atoms with E-state index in [9.17, 15) is 0 Å². The summed E-state index contributed by atoms with van der Waals surface area (Å²) in [4.78, 5) is 12.2. The summed E-state index contributed by atoms with van der Waals surface area (Å²) in [5.41, 5.74) is 32.7. The molecule has 0 radical (unpaired) electrons. The van der Waals surface area contributed by atoms with Crippen LogP contribution >= 0.6 is 0 Å². The number of benzene rings is 16. The highest BCUT2D eigenvalue weighted by molar-refractivity contribution is 7.00. The molecule has 107 heavy (non-hydrogen) atoms. The van der Waals surface area contributed by atoms with E-state index in [1.807, 2.05) is 0 Å². The zero-order valence-electron chi connectivity index (χ0n) is 58.5. The molecule has 16 aromatic carbocycles. The van der Waals surface area contributed by atoms with Gasteiger partial charge in [0, 0.05) is 104 Å². The second kappa shape index (κ2) is 23.9. The van der Waals surface area contributed by atoms with Crippen LogP contribution in [0.4, 0.5) is 79.6 Å². The number of ether oxygens (including phenoxy) is 2. The van der Waals surface area contributed by atoms with Gasteiger partial charge < -0.3 is 34.0 Å². The number of hydrogen-bond acceptors (Lipinski definition) is 7. The molecule has 16 aromatic rings. The van der Waals surface area contributed by atoms with E-state index in [-0.39, 0.29) is 13.4 Å². The third kappa shape index (κ3) is 9.04. The minimum Gasteiger partial charge on any atom is -0.458 e. The van der Waals surface area contributed by atoms with Gasteiger partial charge in [0.1, 0.15) is 23.0 Å². The summed E-state index contributed by atoms with van der Waals surface area (Å²) in [6.07, 6.45) is 0. The van der Waals surface area contributed by atoms with Crippen molar-refractivity contribution in [2.45, 2.75) is 5.41 Å². The van der Waals surface area contributed by atoms with Crippen molar-refractivity contribution in [1.82, 2.24) is 0 Å². The number of anilines is 14. The first kappa shape index (κ1) is 60.8. The Kier molecular flexibility index (Phi) is 13.6. The lowest BCUT2D eigenvalue weighted by Crippen LogP contribution is -2.61. The summed E-state index contributed by atoms with van der Waals surface area (Å²) < 4.78 is 15.8. The maximum atomic E-state index is 7.88. The van der Waals surface area contributed by atoms with E-state index >= 15 is 0 Å². The average molecular weight is 1370 g/mol. The maximum Gasteiger partial charge on any atom is 0.256 e. The first-order valence-electron chi connectivity index (χ1n) is 36.9. The summed E-state index contributed by atoms with van der Waals surface area (Å²) in [7, 11) is 2.25. The standard InChI is InChI=1S/C98H65B2N5O2/c1-101-88-62-92-78(60-82(88)99-80-50-26-30-54-86(80)104(69-42-18-7-19-43-69)90-57-70(56-89(101)96(90)99)102(66-36-12-4-13-37-66)67-38-14-5-15-39-67)98(76-48-24-20-46-74(76)75-47-21-25-49-77(75)98)79-61-83-94(63-93(79)106-92)107-95-59-71(103(68-40-16-6-17-41-68)84-52-28-22-44-72(84)64-32-8-2-9-33-64)58-91-97(95)100(83)81-51-27-31-55-87(81)105(91)85-53-29-23-45-73(85)65-34-10-3-11-35-65/h2-63H,1H3. The van der Waals surface area contributed by atoms with Crippen LogP contribution in [0.15, 0.2) is 376 Å². The van der Waals surface area contributed by atoms with Crippen molar-refractivity contribution in [3.63, 3.8) is 0 Å². The van der Waals surface area contributed by atoms with E-state index in [1.54, 1.807) is 0 Å². The number of nitrogens with zero attached hydrogens (tertiary/aromatic N) is 5. The van der Waals surface area contributed by atoms with Crippen molar-refractivity contribution in [1.29, 1.82) is 0 Å². The molecule has 0 unspecified atom stereocenters. The van der Waals surface area contributed by atoms with Crippen molar-refractivity contribution >= 4 is 126 Å². The molecule has 0 bridgehead atoms. The lowest BCUT2D eigenvalue weighted by atomic mass is 9.33. The maximum absolute atomic E-state index is 7.88. The van der Waals surface area contributed by atoms with E-state index in [0.29, 0.717) is 0 Å². The van der Waals surface area contributed by atoms with Crippen LogP contribution in [0.1, 0.15) is 22.3 Å². The van der Waals surface area contributed by atoms with Gasteiger partial charge in [-0.25, -0.2) is 0 Å². The highest BCUT2D eigenvalue weighted by atomic mass is 16.5. The summed E-state index contributed by atoms with van der Waals surface area (Å²) in [6, 6.07) is 138. The zero-order valence-corrected chi connectivity index (χ0v) is 58.5. The minimum absolute atomic E-state index is 0.177. The van der Waals surface area contributed by atoms with Crippen LogP contribution in [0, 0.1) is 0 Å². The average Bonchev–Trinajstić information content (AvgIpc) is 1.61. The van der Waals surface area contributed by atoms with Crippen LogP contribution < -0.4 is 66.8 Å². The van der Waals surface area contributed by atoms with Crippen LogP contribution in [0.2, 0.25) is 0 Å². The molecule has 0 saturated carbocycles. The molecule has 0 atom stereocenters. The van der Waals surface area contributed by atoms with Crippen LogP contribution in [0.25, 0.3) is 33.4 Å². The van der Waals surface area contributed by atoms with Crippen LogP contribution in [-0.2, 0) is 5.41 Å². The summed E-state index contributed by atoms with van der Waals surface area (Å²) in [5.74, 6) is 3.07. The third-order valence-electron chi connectivity index (χ3n) is 23.1. The van der Waals surface area contributed by atoms with Crippen molar-refractivity contribution in [3.05, 3.63) is 398 Å². The normalized spacial score (nSPS) is 13.6. The molecular formula is C98H65B2N5O2. The Morgan fingerprint density at radius 3 is 1.31 bits per heavy atom. The number of fused-ring (bicyclic) bond motifs is 17. The van der Waals surface area contributed by atoms with Gasteiger partial charge in [0.2, 0.25) is 0 Å². The van der Waals surface area contributed by atoms with Crippen LogP contribution in [-0.4, -0.2) is 20.5 Å². The van der Waals surface area contributed by atoms with Crippen LogP contribution in [0.5, 0.6) is 23.0 Å². The largest absolute Gasteiger partial charge is 0.458 e. The first-order valence-corrected chi connectivity index (χ1v) is 36.9. The van der Waals surface area contributed by atoms with Gasteiger partial charge >= 0.3 is 0 Å². The Labute approximate surface area is 623 Å². The molecule has 9 heteroatoms. The fourth-order valence-electron chi connectivity index (χ4n) is 18.7. The smallest absolute Gasteiger partial charge is 0.256 e. The second-order valence-corrected chi connectivity index (χ2v) is 28.6. The van der Waals surface area contributed by atoms with Gasteiger partial charge in [-0.3, -0.25) is 0 Å². The topological polar surface area (TPSA) is 34.7 Å². The number of rotatable bonds is 10. The Morgan fingerprint density at radius 2 is 0.692 bits per heavy atom. The second-order valence-electron chi connectivity index (χ2n) is 28.6. The van der Waals surface area contributed by atoms with E-state index in [4.69, 9.17) is 9.47 Å². The van der Waals surface area contributed by atoms with Crippen molar-refractivity contribution in [2.24, 2.45) is 0 Å². The third-order valence-corrected chi connectivity index (χ3v) is 23.1. The molecule has 0 N–H and O–H groups in total. The SMILES string of the molecule is CN1c2cc3c(cc2B2c4ccccc4N(c4ccccc4)c4cc(N(c5ccccc5)c5ccccc5)cc1c42)C1(c2cc4c(cc2O3)Oc2cc(N(c3ccccc3)c3ccccc3-c3ccccc3)cc3c2B4c2ccccc2N3c2ccccc2-c2ccccc2)c2ccccc2-c2ccccc21. The molecule has 5 heterocycles. The van der Waals surface area contributed by atoms with Gasteiger partial charge in [0.05, 0.1) is 28.2 Å². The molecule has 1 aliphatic carbocycles. The molecule has 0 aromatic heterocycles. The summed E-state index contributed by atoms with van der Waals surface area (Å²) >= 11 is 0. The van der Waals surface area contributed by atoms with Crippen molar-refractivity contribution in [2.75, 3.05) is 31.5 Å².